The summed E-state index contributed by atoms with van der Waals surface area (Å²) in [4.78, 5) is 47.6. The van der Waals surface area contributed by atoms with Crippen molar-refractivity contribution in [2.45, 2.75) is 43.8 Å². The quantitative estimate of drug-likeness (QED) is 0.286. The van der Waals surface area contributed by atoms with Crippen LogP contribution >= 0.6 is 0 Å². The van der Waals surface area contributed by atoms with Gasteiger partial charge in [-0.2, -0.15) is 0 Å². The van der Waals surface area contributed by atoms with Crippen LogP contribution < -0.4 is 16.0 Å². The number of benzene rings is 1. The monoisotopic (exact) mass is 438 g/mol. The number of carbonyl (C=O) groups excluding carboxylic acids is 2. The van der Waals surface area contributed by atoms with Gasteiger partial charge in [0.05, 0.1) is 12.4 Å². The van der Waals surface area contributed by atoms with E-state index in [1.54, 1.807) is 12.4 Å². The van der Waals surface area contributed by atoms with Crippen molar-refractivity contribution in [2.75, 3.05) is 6.54 Å². The summed E-state index contributed by atoms with van der Waals surface area (Å²) in [6, 6.07) is 5.14. The predicted octanol–water partition coefficient (Wildman–Crippen LogP) is 0.482. The molecule has 3 unspecified atom stereocenters. The third-order valence-corrected chi connectivity index (χ3v) is 5.70. The second-order valence-corrected chi connectivity index (χ2v) is 7.95. The van der Waals surface area contributed by atoms with Crippen molar-refractivity contribution in [3.05, 3.63) is 54.2 Å². The Morgan fingerprint density at radius 1 is 1.12 bits per heavy atom. The van der Waals surface area contributed by atoms with Gasteiger partial charge in [-0.05, 0) is 31.0 Å². The number of rotatable bonds is 9. The van der Waals surface area contributed by atoms with Crippen LogP contribution in [-0.4, -0.2) is 62.5 Å². The summed E-state index contributed by atoms with van der Waals surface area (Å²) in [7, 11) is 0. The lowest BCUT2D eigenvalue weighted by atomic mass is 10.0. The van der Waals surface area contributed by atoms with Crippen molar-refractivity contribution in [1.82, 2.24) is 30.9 Å². The maximum Gasteiger partial charge on any atom is 0.326 e. The van der Waals surface area contributed by atoms with Gasteiger partial charge >= 0.3 is 5.97 Å². The van der Waals surface area contributed by atoms with Gasteiger partial charge in [-0.1, -0.05) is 18.2 Å². The largest absolute Gasteiger partial charge is 0.480 e. The molecule has 4 rings (SSSR count). The maximum atomic E-state index is 13.1. The molecule has 1 aliphatic heterocycles. The van der Waals surface area contributed by atoms with Gasteiger partial charge in [-0.3, -0.25) is 9.59 Å². The molecule has 3 heterocycles. The van der Waals surface area contributed by atoms with Crippen molar-refractivity contribution in [3.8, 4) is 0 Å². The summed E-state index contributed by atoms with van der Waals surface area (Å²) >= 11 is 0. The van der Waals surface area contributed by atoms with Crippen LogP contribution in [0, 0.1) is 0 Å². The molecule has 10 heteroatoms. The molecule has 10 nitrogen and oxygen atoms in total. The Labute approximate surface area is 184 Å². The van der Waals surface area contributed by atoms with E-state index in [9.17, 15) is 19.5 Å². The van der Waals surface area contributed by atoms with Crippen LogP contribution in [0.1, 0.15) is 24.1 Å². The zero-order valence-electron chi connectivity index (χ0n) is 17.4. The lowest BCUT2D eigenvalue weighted by Crippen LogP contribution is -2.55. The van der Waals surface area contributed by atoms with Crippen LogP contribution in [-0.2, 0) is 27.2 Å². The second-order valence-electron chi connectivity index (χ2n) is 7.95. The number of H-pyrrole nitrogens is 2. The van der Waals surface area contributed by atoms with Gasteiger partial charge in [0, 0.05) is 41.8 Å². The molecule has 0 radical (unpaired) electrons. The Morgan fingerprint density at radius 3 is 2.69 bits per heavy atom. The number of aromatic amines is 2. The number of nitrogens with one attached hydrogen (secondary N) is 5. The van der Waals surface area contributed by atoms with Crippen LogP contribution in [0.15, 0.2) is 43.0 Å². The first kappa shape index (κ1) is 21.6. The molecule has 1 fully saturated rings. The number of para-hydroxylation sites is 1. The number of nitrogens with zero attached hydrogens (tertiary/aromatic N) is 1. The molecule has 0 spiro atoms. The number of carbonyl (C=O) groups is 3. The van der Waals surface area contributed by atoms with E-state index in [1.807, 2.05) is 24.3 Å². The smallest absolute Gasteiger partial charge is 0.326 e. The standard InChI is InChI=1S/C22H26N6O4/c29-20(17-6-3-7-24-17)27-18(9-14-11-23-12-26-14)21(30)28-19(22(31)32)8-13-10-25-16-5-2-1-4-15(13)16/h1-2,4-5,10-12,17-19,24-25H,3,6-9H2,(H,23,26)(H,27,29)(H,28,30)(H,31,32). The molecule has 1 saturated heterocycles. The molecule has 32 heavy (non-hydrogen) atoms. The summed E-state index contributed by atoms with van der Waals surface area (Å²) in [5, 5.41) is 19.1. The van der Waals surface area contributed by atoms with E-state index in [-0.39, 0.29) is 24.8 Å². The molecule has 3 atom stereocenters. The van der Waals surface area contributed by atoms with Crippen LogP contribution in [0.25, 0.3) is 10.9 Å². The van der Waals surface area contributed by atoms with Gasteiger partial charge in [0.1, 0.15) is 12.1 Å². The number of amides is 2. The highest BCUT2D eigenvalue weighted by atomic mass is 16.4. The van der Waals surface area contributed by atoms with E-state index < -0.39 is 24.0 Å². The maximum absolute atomic E-state index is 13.1. The molecule has 2 amide bonds. The molecule has 1 aliphatic rings. The van der Waals surface area contributed by atoms with Crippen molar-refractivity contribution >= 4 is 28.7 Å². The number of hydrogen-bond acceptors (Lipinski definition) is 5. The van der Waals surface area contributed by atoms with Gasteiger partial charge < -0.3 is 31.0 Å². The topological polar surface area (TPSA) is 152 Å². The number of imidazole rings is 1. The second kappa shape index (κ2) is 9.65. The molecular formula is C22H26N6O4. The highest BCUT2D eigenvalue weighted by Gasteiger charge is 2.30. The molecule has 1 aromatic carbocycles. The number of hydrogen-bond donors (Lipinski definition) is 6. The minimum Gasteiger partial charge on any atom is -0.480 e. The minimum absolute atomic E-state index is 0.111. The van der Waals surface area contributed by atoms with E-state index in [0.717, 1.165) is 29.4 Å². The Bertz CT molecular complexity index is 1090. The first-order valence-corrected chi connectivity index (χ1v) is 10.6. The molecule has 0 bridgehead atoms. The van der Waals surface area contributed by atoms with Crippen molar-refractivity contribution in [2.24, 2.45) is 0 Å². The van der Waals surface area contributed by atoms with E-state index in [0.29, 0.717) is 12.1 Å². The normalized spacial score (nSPS) is 17.7. The first-order valence-electron chi connectivity index (χ1n) is 10.6. The zero-order chi connectivity index (χ0) is 22.5. The van der Waals surface area contributed by atoms with E-state index in [4.69, 9.17) is 0 Å². The number of carboxylic acid groups (broad SMARTS) is 1. The molecular weight excluding hydrogens is 412 g/mol. The number of aromatic nitrogens is 3. The van der Waals surface area contributed by atoms with Crippen LogP contribution in [0.4, 0.5) is 0 Å². The first-order chi connectivity index (χ1) is 15.5. The average molecular weight is 438 g/mol. The SMILES string of the molecule is O=C(O)C(Cc1c[nH]c2ccccc12)NC(=O)C(Cc1cnc[nH]1)NC(=O)C1CCCN1. The number of carboxylic acids is 1. The lowest BCUT2D eigenvalue weighted by Gasteiger charge is -2.22. The van der Waals surface area contributed by atoms with Gasteiger partial charge in [0.25, 0.3) is 0 Å². The third-order valence-electron chi connectivity index (χ3n) is 5.70. The molecule has 0 saturated carbocycles. The van der Waals surface area contributed by atoms with Crippen molar-refractivity contribution < 1.29 is 19.5 Å². The number of aliphatic carboxylic acids is 1. The summed E-state index contributed by atoms with van der Waals surface area (Å²) < 4.78 is 0. The predicted molar refractivity (Wildman–Crippen MR) is 117 cm³/mol. The summed E-state index contributed by atoms with van der Waals surface area (Å²) in [5.41, 5.74) is 2.34. The Morgan fingerprint density at radius 2 is 1.97 bits per heavy atom. The van der Waals surface area contributed by atoms with Gasteiger partial charge in [-0.15, -0.1) is 0 Å². The van der Waals surface area contributed by atoms with Gasteiger partial charge in [0.2, 0.25) is 11.8 Å². The molecule has 0 aliphatic carbocycles. The molecule has 168 valence electrons. The summed E-state index contributed by atoms with van der Waals surface area (Å²) in [5.74, 6) is -1.98. The van der Waals surface area contributed by atoms with Crippen molar-refractivity contribution in [1.29, 1.82) is 0 Å². The molecule has 6 N–H and O–H groups in total. The highest BCUT2D eigenvalue weighted by molar-refractivity contribution is 5.92. The zero-order valence-corrected chi connectivity index (χ0v) is 17.4. The van der Waals surface area contributed by atoms with Gasteiger partial charge in [-0.25, -0.2) is 9.78 Å². The van der Waals surface area contributed by atoms with Crippen LogP contribution in [0.2, 0.25) is 0 Å². The Kier molecular flexibility index (Phi) is 6.50. The number of fused-ring (bicyclic) bond motifs is 1. The van der Waals surface area contributed by atoms with E-state index in [2.05, 4.69) is 30.9 Å². The summed E-state index contributed by atoms with van der Waals surface area (Å²) in [6.45, 7) is 0.751. The van der Waals surface area contributed by atoms with Crippen molar-refractivity contribution in [3.63, 3.8) is 0 Å². The highest BCUT2D eigenvalue weighted by Crippen LogP contribution is 2.19. The fourth-order valence-corrected chi connectivity index (χ4v) is 4.00. The minimum atomic E-state index is -1.15. The van der Waals surface area contributed by atoms with Crippen LogP contribution in [0.5, 0.6) is 0 Å². The lowest BCUT2D eigenvalue weighted by molar-refractivity contribution is -0.142. The van der Waals surface area contributed by atoms with Crippen LogP contribution in [0.3, 0.4) is 0 Å². The Balaban J connectivity index is 1.48. The molecule has 2 aromatic heterocycles. The summed E-state index contributed by atoms with van der Waals surface area (Å²) in [6.07, 6.45) is 6.68. The average Bonchev–Trinajstić information content (AvgIpc) is 3.55. The van der Waals surface area contributed by atoms with Gasteiger partial charge in [0.15, 0.2) is 0 Å². The fraction of sp³-hybridized carbons (Fsp3) is 0.364. The molecule has 3 aromatic rings. The van der Waals surface area contributed by atoms with E-state index >= 15 is 0 Å². The van der Waals surface area contributed by atoms with E-state index in [1.165, 1.54) is 6.33 Å². The Hall–Kier alpha value is -3.66. The third kappa shape index (κ3) is 4.97. The fourth-order valence-electron chi connectivity index (χ4n) is 4.00.